The van der Waals surface area contributed by atoms with Crippen LogP contribution in [0, 0.1) is 0 Å². The largest absolute Gasteiger partial charge is 0.586 e. The molecule has 0 radical (unpaired) electrons. The number of H-pyrrole nitrogens is 1. The number of rotatable bonds is 7. The van der Waals surface area contributed by atoms with Gasteiger partial charge in [0.25, 0.3) is 0 Å². The number of nitrogens with one attached hydrogen (secondary N) is 2. The van der Waals surface area contributed by atoms with E-state index in [9.17, 15) is 18.4 Å². The number of fused-ring (bicyclic) bond motifs is 1. The van der Waals surface area contributed by atoms with Crippen molar-refractivity contribution in [1.29, 1.82) is 0 Å². The zero-order valence-electron chi connectivity index (χ0n) is 13.8. The average Bonchev–Trinajstić information content (AvgIpc) is 3.08. The lowest BCUT2D eigenvalue weighted by molar-refractivity contribution is -0.286. The topological polar surface area (TPSA) is 98.2 Å². The first-order chi connectivity index (χ1) is 12.4. The molecule has 0 spiro atoms. The average molecular weight is 386 g/mol. The first-order valence-corrected chi connectivity index (χ1v) is 8.84. The lowest BCUT2D eigenvalue weighted by Gasteiger charge is -2.07. The maximum absolute atomic E-state index is 13.0. The van der Waals surface area contributed by atoms with Crippen LogP contribution in [-0.2, 0) is 11.3 Å². The molecule has 3 rings (SSSR count). The van der Waals surface area contributed by atoms with Crippen molar-refractivity contribution in [3.05, 3.63) is 28.7 Å². The molecule has 1 aromatic carbocycles. The minimum absolute atomic E-state index is 0.00101. The molecule has 0 atom stereocenters. The highest BCUT2D eigenvalue weighted by molar-refractivity contribution is 7.99. The number of halogens is 2. The van der Waals surface area contributed by atoms with Gasteiger partial charge in [-0.2, -0.15) is 0 Å². The number of amides is 1. The summed E-state index contributed by atoms with van der Waals surface area (Å²) in [6.45, 7) is 2.53. The number of aromatic amines is 1. The van der Waals surface area contributed by atoms with Gasteiger partial charge < -0.3 is 14.8 Å². The Kier molecular flexibility index (Phi) is 5.16. The van der Waals surface area contributed by atoms with Crippen LogP contribution >= 0.6 is 11.8 Å². The Balaban J connectivity index is 1.58. The number of ether oxygens (including phenoxy) is 2. The molecule has 2 aromatic rings. The molecule has 2 heterocycles. The highest BCUT2D eigenvalue weighted by Crippen LogP contribution is 2.42. The van der Waals surface area contributed by atoms with Crippen LogP contribution in [0.25, 0.3) is 0 Å². The van der Waals surface area contributed by atoms with Gasteiger partial charge in [-0.15, -0.1) is 13.9 Å². The van der Waals surface area contributed by atoms with Crippen molar-refractivity contribution in [1.82, 2.24) is 14.8 Å². The van der Waals surface area contributed by atoms with Crippen LogP contribution in [0.2, 0.25) is 0 Å². The van der Waals surface area contributed by atoms with Crippen molar-refractivity contribution in [2.24, 2.45) is 0 Å². The van der Waals surface area contributed by atoms with Crippen LogP contribution in [0.5, 0.6) is 11.5 Å². The van der Waals surface area contributed by atoms with Gasteiger partial charge in [0.15, 0.2) is 16.7 Å². The molecule has 0 aliphatic carbocycles. The molecule has 0 fully saturated rings. The minimum Gasteiger partial charge on any atom is -0.395 e. The third kappa shape index (κ3) is 4.15. The van der Waals surface area contributed by atoms with Crippen LogP contribution in [0.3, 0.4) is 0 Å². The summed E-state index contributed by atoms with van der Waals surface area (Å²) >= 11 is 1.10. The molecule has 0 saturated heterocycles. The Bertz CT molecular complexity index is 868. The van der Waals surface area contributed by atoms with Crippen LogP contribution in [-0.4, -0.2) is 32.7 Å². The Morgan fingerprint density at radius 1 is 1.38 bits per heavy atom. The molecule has 1 amide bonds. The van der Waals surface area contributed by atoms with Gasteiger partial charge in [-0.25, -0.2) is 9.89 Å². The maximum Gasteiger partial charge on any atom is 0.586 e. The number of hydrogen-bond donors (Lipinski definition) is 2. The third-order valence-electron chi connectivity index (χ3n) is 3.48. The van der Waals surface area contributed by atoms with Gasteiger partial charge in [0.05, 0.1) is 5.75 Å². The number of carbonyl (C=O) groups excluding carboxylic acids is 1. The number of unbranched alkanes of at least 4 members (excludes halogenated alkanes) is 1. The molecule has 8 nitrogen and oxygen atoms in total. The number of anilines is 1. The zero-order valence-corrected chi connectivity index (χ0v) is 14.6. The van der Waals surface area contributed by atoms with E-state index in [1.54, 1.807) is 0 Å². The molecular formula is C15H16F2N4O4S. The summed E-state index contributed by atoms with van der Waals surface area (Å²) in [5, 5.41) is 9.25. The number of carbonyl (C=O) groups is 1. The molecule has 140 valence electrons. The summed E-state index contributed by atoms with van der Waals surface area (Å²) in [6, 6.07) is 3.97. The van der Waals surface area contributed by atoms with E-state index in [1.807, 2.05) is 6.92 Å². The quantitative estimate of drug-likeness (QED) is 0.709. The fourth-order valence-corrected chi connectivity index (χ4v) is 3.05. The lowest BCUT2D eigenvalue weighted by Crippen LogP contribution is -2.25. The second-order valence-electron chi connectivity index (χ2n) is 5.48. The molecule has 11 heteroatoms. The van der Waals surface area contributed by atoms with Crippen LogP contribution in [0.4, 0.5) is 14.5 Å². The van der Waals surface area contributed by atoms with Crippen molar-refractivity contribution >= 4 is 23.4 Å². The number of benzene rings is 1. The first-order valence-electron chi connectivity index (χ1n) is 7.85. The summed E-state index contributed by atoms with van der Waals surface area (Å²) in [4.78, 5) is 23.8. The molecule has 1 aliphatic rings. The highest BCUT2D eigenvalue weighted by Gasteiger charge is 2.43. The second kappa shape index (κ2) is 7.36. The fourth-order valence-electron chi connectivity index (χ4n) is 2.28. The van der Waals surface area contributed by atoms with Gasteiger partial charge in [0, 0.05) is 18.3 Å². The maximum atomic E-state index is 13.0. The van der Waals surface area contributed by atoms with Crippen molar-refractivity contribution in [3.63, 3.8) is 0 Å². The lowest BCUT2D eigenvalue weighted by atomic mass is 10.3. The van der Waals surface area contributed by atoms with E-state index in [0.29, 0.717) is 17.4 Å². The zero-order chi connectivity index (χ0) is 18.7. The Labute approximate surface area is 150 Å². The first kappa shape index (κ1) is 18.2. The smallest absolute Gasteiger partial charge is 0.395 e. The predicted octanol–water partition coefficient (Wildman–Crippen LogP) is 2.42. The molecule has 2 N–H and O–H groups in total. The Hall–Kier alpha value is -2.56. The number of thioether (sulfide) groups is 1. The second-order valence-corrected chi connectivity index (χ2v) is 6.42. The van der Waals surface area contributed by atoms with Crippen molar-refractivity contribution in [2.75, 3.05) is 11.1 Å². The minimum atomic E-state index is -3.71. The van der Waals surface area contributed by atoms with Gasteiger partial charge in [-0.3, -0.25) is 9.36 Å². The number of hydrogen-bond acceptors (Lipinski definition) is 6. The summed E-state index contributed by atoms with van der Waals surface area (Å²) in [6.07, 6.45) is -1.96. The summed E-state index contributed by atoms with van der Waals surface area (Å²) in [5.74, 6) is -0.626. The molecule has 0 saturated carbocycles. The third-order valence-corrected chi connectivity index (χ3v) is 4.45. The normalized spacial score (nSPS) is 14.4. The van der Waals surface area contributed by atoms with Crippen molar-refractivity contribution in [3.8, 4) is 11.5 Å². The van der Waals surface area contributed by atoms with E-state index >= 15 is 0 Å². The molecule has 0 unspecified atom stereocenters. The molecule has 0 bridgehead atoms. The van der Waals surface area contributed by atoms with E-state index in [-0.39, 0.29) is 28.8 Å². The van der Waals surface area contributed by atoms with Gasteiger partial charge in [0.2, 0.25) is 5.91 Å². The fraction of sp³-hybridized carbons (Fsp3) is 0.400. The predicted molar refractivity (Wildman–Crippen MR) is 89.8 cm³/mol. The summed E-state index contributed by atoms with van der Waals surface area (Å²) in [5.41, 5.74) is -0.0286. The summed E-state index contributed by atoms with van der Waals surface area (Å²) in [7, 11) is 0. The Morgan fingerprint density at radius 2 is 2.15 bits per heavy atom. The van der Waals surface area contributed by atoms with E-state index in [2.05, 4.69) is 25.0 Å². The van der Waals surface area contributed by atoms with Crippen molar-refractivity contribution < 1.29 is 23.0 Å². The van der Waals surface area contributed by atoms with E-state index in [0.717, 1.165) is 24.6 Å². The Morgan fingerprint density at radius 3 is 2.92 bits per heavy atom. The van der Waals surface area contributed by atoms with E-state index in [1.165, 1.54) is 22.8 Å². The molecule has 26 heavy (non-hydrogen) atoms. The van der Waals surface area contributed by atoms with Crippen molar-refractivity contribution in [2.45, 2.75) is 37.8 Å². The van der Waals surface area contributed by atoms with Crippen LogP contribution in [0.15, 0.2) is 28.2 Å². The van der Waals surface area contributed by atoms with Crippen LogP contribution in [0.1, 0.15) is 19.8 Å². The number of aromatic nitrogens is 3. The van der Waals surface area contributed by atoms with Gasteiger partial charge in [-0.05, 0) is 18.6 Å². The number of nitrogens with zero attached hydrogens (tertiary/aromatic N) is 2. The van der Waals surface area contributed by atoms with Gasteiger partial charge in [-0.1, -0.05) is 25.1 Å². The van der Waals surface area contributed by atoms with E-state index in [4.69, 9.17) is 0 Å². The van der Waals surface area contributed by atoms with Crippen LogP contribution < -0.4 is 20.5 Å². The SMILES string of the molecule is CCCCn1c(SCC(=O)Nc2ccc3c(c2)OC(F)(F)O3)n[nH]c1=O. The number of alkyl halides is 2. The molecular weight excluding hydrogens is 370 g/mol. The highest BCUT2D eigenvalue weighted by atomic mass is 32.2. The molecule has 1 aromatic heterocycles. The van der Waals surface area contributed by atoms with Gasteiger partial charge >= 0.3 is 12.0 Å². The van der Waals surface area contributed by atoms with E-state index < -0.39 is 6.29 Å². The monoisotopic (exact) mass is 386 g/mol. The molecule has 1 aliphatic heterocycles. The summed E-state index contributed by atoms with van der Waals surface area (Å²) < 4.78 is 36.1. The standard InChI is InChI=1S/C15H16F2N4O4S/c1-2-3-6-21-13(23)19-20-14(21)26-8-12(22)18-9-4-5-10-11(7-9)25-15(16,17)24-10/h4-5,7H,2-3,6,8H2,1H3,(H,18,22)(H,19,23). The van der Waals surface area contributed by atoms with Gasteiger partial charge in [0.1, 0.15) is 0 Å².